The second kappa shape index (κ2) is 6.33. The van der Waals surface area contributed by atoms with Crippen LogP contribution in [0.15, 0.2) is 0 Å². The molecule has 0 aromatic rings. The average Bonchev–Trinajstić information content (AvgIpc) is 2.40. The molecule has 0 aromatic heterocycles. The van der Waals surface area contributed by atoms with E-state index in [2.05, 4.69) is 9.80 Å². The van der Waals surface area contributed by atoms with Gasteiger partial charge in [0.15, 0.2) is 0 Å². The molecule has 2 aliphatic heterocycles. The van der Waals surface area contributed by atoms with E-state index in [0.29, 0.717) is 6.54 Å². The molecule has 3 N–H and O–H groups in total. The molecule has 2 aliphatic rings. The first-order valence-electron chi connectivity index (χ1n) is 7.49. The van der Waals surface area contributed by atoms with E-state index in [1.807, 2.05) is 6.92 Å². The quantitative estimate of drug-likeness (QED) is 0.774. The van der Waals surface area contributed by atoms with Crippen LogP contribution in [0, 0.1) is 0 Å². The minimum atomic E-state index is -0.724. The predicted molar refractivity (Wildman–Crippen MR) is 74.6 cm³/mol. The molecule has 106 valence electrons. The van der Waals surface area contributed by atoms with Gasteiger partial charge in [0.05, 0.1) is 5.60 Å². The third kappa shape index (κ3) is 3.92. The van der Waals surface area contributed by atoms with Crippen LogP contribution in [0.3, 0.4) is 0 Å². The lowest BCUT2D eigenvalue weighted by molar-refractivity contribution is 0.00853. The predicted octanol–water partition coefficient (Wildman–Crippen LogP) is 0.646. The second-order valence-electron chi connectivity index (χ2n) is 6.31. The van der Waals surface area contributed by atoms with E-state index in [0.717, 1.165) is 25.7 Å². The molecular formula is C14H29N3O. The molecule has 2 rings (SSSR count). The van der Waals surface area contributed by atoms with Gasteiger partial charge in [-0.15, -0.1) is 0 Å². The first kappa shape index (κ1) is 14.3. The molecule has 0 saturated carbocycles. The van der Waals surface area contributed by atoms with E-state index in [1.54, 1.807) is 0 Å². The molecule has 4 heteroatoms. The number of hydrogen-bond acceptors (Lipinski definition) is 4. The average molecular weight is 255 g/mol. The Morgan fingerprint density at radius 1 is 1.11 bits per heavy atom. The van der Waals surface area contributed by atoms with Crippen molar-refractivity contribution in [1.29, 1.82) is 0 Å². The summed E-state index contributed by atoms with van der Waals surface area (Å²) in [6, 6.07) is 0.782. The number of piperidine rings is 2. The van der Waals surface area contributed by atoms with E-state index in [-0.39, 0.29) is 0 Å². The number of hydrogen-bond donors (Lipinski definition) is 2. The van der Waals surface area contributed by atoms with Crippen molar-refractivity contribution in [2.45, 2.75) is 50.7 Å². The summed E-state index contributed by atoms with van der Waals surface area (Å²) in [6.07, 6.45) is 6.67. The lowest BCUT2D eigenvalue weighted by Crippen LogP contribution is -2.51. The molecule has 0 amide bonds. The third-order valence-electron chi connectivity index (χ3n) is 4.47. The van der Waals surface area contributed by atoms with Crippen LogP contribution in [-0.4, -0.2) is 65.8 Å². The van der Waals surface area contributed by atoms with Gasteiger partial charge < -0.3 is 20.6 Å². The summed E-state index contributed by atoms with van der Waals surface area (Å²) in [5.74, 6) is 0. The van der Waals surface area contributed by atoms with Gasteiger partial charge in [-0.05, 0) is 58.8 Å². The molecule has 0 aromatic carbocycles. The van der Waals surface area contributed by atoms with E-state index < -0.39 is 5.60 Å². The van der Waals surface area contributed by atoms with Gasteiger partial charge in [0, 0.05) is 19.1 Å². The fourth-order valence-electron chi connectivity index (χ4n) is 3.27. The lowest BCUT2D eigenvalue weighted by Gasteiger charge is -2.41. The van der Waals surface area contributed by atoms with Crippen molar-refractivity contribution >= 4 is 0 Å². The molecule has 1 atom stereocenters. The summed E-state index contributed by atoms with van der Waals surface area (Å²) < 4.78 is 0. The standard InChI is InChI=1S/C14H29N3O/c1-14(18,11-15)12-16-9-5-13(6-10-16)17-7-3-2-4-8-17/h13,18H,2-12,15H2,1H3. The molecule has 1 unspecified atom stereocenters. The van der Waals surface area contributed by atoms with E-state index >= 15 is 0 Å². The van der Waals surface area contributed by atoms with Crippen LogP contribution in [0.25, 0.3) is 0 Å². The van der Waals surface area contributed by atoms with Crippen LogP contribution in [0.4, 0.5) is 0 Å². The Kier molecular flexibility index (Phi) is 5.01. The summed E-state index contributed by atoms with van der Waals surface area (Å²) in [5, 5.41) is 10.0. The number of likely N-dealkylation sites (tertiary alicyclic amines) is 2. The summed E-state index contributed by atoms with van der Waals surface area (Å²) in [5.41, 5.74) is 4.86. The highest BCUT2D eigenvalue weighted by Crippen LogP contribution is 2.21. The van der Waals surface area contributed by atoms with Crippen molar-refractivity contribution in [2.75, 3.05) is 39.3 Å². The Labute approximate surface area is 111 Å². The molecule has 2 heterocycles. The first-order valence-corrected chi connectivity index (χ1v) is 7.49. The van der Waals surface area contributed by atoms with Crippen LogP contribution in [0.2, 0.25) is 0 Å². The number of aliphatic hydroxyl groups is 1. The summed E-state index contributed by atoms with van der Waals surface area (Å²) in [4.78, 5) is 5.05. The maximum atomic E-state index is 10.0. The van der Waals surface area contributed by atoms with Crippen molar-refractivity contribution in [3.63, 3.8) is 0 Å². The van der Waals surface area contributed by atoms with Gasteiger partial charge in [-0.25, -0.2) is 0 Å². The number of nitrogens with zero attached hydrogens (tertiary/aromatic N) is 2. The van der Waals surface area contributed by atoms with Crippen LogP contribution in [0.5, 0.6) is 0 Å². The number of β-amino-alcohol motifs (C(OH)–C–C–N with tert-alkyl or cyclic N) is 1. The zero-order valence-corrected chi connectivity index (χ0v) is 11.8. The number of nitrogens with two attached hydrogens (primary N) is 1. The maximum Gasteiger partial charge on any atom is 0.0867 e. The Morgan fingerprint density at radius 2 is 1.72 bits per heavy atom. The second-order valence-corrected chi connectivity index (χ2v) is 6.31. The Bertz CT molecular complexity index is 243. The van der Waals surface area contributed by atoms with Crippen molar-refractivity contribution in [3.8, 4) is 0 Å². The third-order valence-corrected chi connectivity index (χ3v) is 4.47. The van der Waals surface area contributed by atoms with Crippen molar-refractivity contribution in [3.05, 3.63) is 0 Å². The highest BCUT2D eigenvalue weighted by atomic mass is 16.3. The summed E-state index contributed by atoms with van der Waals surface area (Å²) in [7, 11) is 0. The first-order chi connectivity index (χ1) is 8.61. The number of rotatable bonds is 4. The normalized spacial score (nSPS) is 28.2. The molecule has 0 aliphatic carbocycles. The van der Waals surface area contributed by atoms with Crippen molar-refractivity contribution in [2.24, 2.45) is 5.73 Å². The van der Waals surface area contributed by atoms with Gasteiger partial charge in [-0.2, -0.15) is 0 Å². The van der Waals surface area contributed by atoms with Crippen LogP contribution >= 0.6 is 0 Å². The fourth-order valence-corrected chi connectivity index (χ4v) is 3.27. The maximum absolute atomic E-state index is 10.0. The monoisotopic (exact) mass is 255 g/mol. The highest BCUT2D eigenvalue weighted by Gasteiger charge is 2.28. The SMILES string of the molecule is CC(O)(CN)CN1CCC(N2CCCCC2)CC1. The van der Waals surface area contributed by atoms with E-state index in [4.69, 9.17) is 5.73 Å². The Balaban J connectivity index is 1.74. The van der Waals surface area contributed by atoms with E-state index in [1.165, 1.54) is 45.2 Å². The molecule has 0 bridgehead atoms. The minimum absolute atomic E-state index is 0.346. The highest BCUT2D eigenvalue weighted by molar-refractivity contribution is 4.85. The Hall–Kier alpha value is -0.160. The molecule has 18 heavy (non-hydrogen) atoms. The van der Waals surface area contributed by atoms with Gasteiger partial charge >= 0.3 is 0 Å². The molecule has 2 saturated heterocycles. The topological polar surface area (TPSA) is 52.7 Å². The smallest absolute Gasteiger partial charge is 0.0867 e. The van der Waals surface area contributed by atoms with Gasteiger partial charge in [0.1, 0.15) is 0 Å². The van der Waals surface area contributed by atoms with E-state index in [9.17, 15) is 5.11 Å². The zero-order chi connectivity index (χ0) is 13.0. The Morgan fingerprint density at radius 3 is 2.28 bits per heavy atom. The largest absolute Gasteiger partial charge is 0.388 e. The summed E-state index contributed by atoms with van der Waals surface area (Å²) >= 11 is 0. The van der Waals surface area contributed by atoms with Gasteiger partial charge in [-0.3, -0.25) is 0 Å². The van der Waals surface area contributed by atoms with Gasteiger partial charge in [0.25, 0.3) is 0 Å². The van der Waals surface area contributed by atoms with Crippen LogP contribution < -0.4 is 5.73 Å². The molecule has 0 radical (unpaired) electrons. The van der Waals surface area contributed by atoms with Crippen molar-refractivity contribution < 1.29 is 5.11 Å². The molecule has 2 fully saturated rings. The minimum Gasteiger partial charge on any atom is -0.388 e. The zero-order valence-electron chi connectivity index (χ0n) is 11.8. The summed E-state index contributed by atoms with van der Waals surface area (Å²) in [6.45, 7) is 7.71. The molecular weight excluding hydrogens is 226 g/mol. The fraction of sp³-hybridized carbons (Fsp3) is 1.00. The molecule has 4 nitrogen and oxygen atoms in total. The van der Waals surface area contributed by atoms with Crippen molar-refractivity contribution in [1.82, 2.24) is 9.80 Å². The van der Waals surface area contributed by atoms with Gasteiger partial charge in [-0.1, -0.05) is 6.42 Å². The molecule has 0 spiro atoms. The van der Waals surface area contributed by atoms with Crippen LogP contribution in [-0.2, 0) is 0 Å². The lowest BCUT2D eigenvalue weighted by atomic mass is 9.98. The van der Waals surface area contributed by atoms with Gasteiger partial charge in [0.2, 0.25) is 0 Å². The van der Waals surface area contributed by atoms with Crippen LogP contribution in [0.1, 0.15) is 39.0 Å².